The summed E-state index contributed by atoms with van der Waals surface area (Å²) in [6.45, 7) is 2.00. The number of aliphatic hydroxyl groups excluding tert-OH is 2. The van der Waals surface area contributed by atoms with Crippen LogP contribution < -0.4 is 5.32 Å². The number of hydrogen-bond donors (Lipinski definition) is 3. The zero-order valence-corrected chi connectivity index (χ0v) is 12.0. The highest BCUT2D eigenvalue weighted by Gasteiger charge is 2.35. The van der Waals surface area contributed by atoms with Crippen LogP contribution in [0.5, 0.6) is 0 Å². The Kier molecular flexibility index (Phi) is 5.38. The molecule has 0 bridgehead atoms. The van der Waals surface area contributed by atoms with Crippen LogP contribution in [-0.4, -0.2) is 34.4 Å². The molecule has 0 aromatic heterocycles. The van der Waals surface area contributed by atoms with Crippen molar-refractivity contribution < 1.29 is 15.0 Å². The maximum Gasteiger partial charge on any atom is 0.243 e. The van der Waals surface area contributed by atoms with Gasteiger partial charge in [-0.25, -0.2) is 0 Å². The molecule has 20 heavy (non-hydrogen) atoms. The zero-order valence-electron chi connectivity index (χ0n) is 12.0. The fraction of sp³-hybridized carbons (Fsp3) is 0.688. The van der Waals surface area contributed by atoms with E-state index >= 15 is 0 Å². The first kappa shape index (κ1) is 15.3. The first-order valence-electron chi connectivity index (χ1n) is 7.57. The molecule has 4 nitrogen and oxygen atoms in total. The lowest BCUT2D eigenvalue weighted by Gasteiger charge is -2.19. The normalized spacial score (nSPS) is 39.4. The van der Waals surface area contributed by atoms with Crippen LogP contribution in [0.3, 0.4) is 0 Å². The van der Waals surface area contributed by atoms with Gasteiger partial charge in [0.25, 0.3) is 0 Å². The van der Waals surface area contributed by atoms with Gasteiger partial charge < -0.3 is 15.5 Å². The molecule has 0 spiro atoms. The Morgan fingerprint density at radius 3 is 2.85 bits per heavy atom. The number of carbonyl (C=O) groups is 1. The first-order chi connectivity index (χ1) is 9.56. The second kappa shape index (κ2) is 7.04. The summed E-state index contributed by atoms with van der Waals surface area (Å²) in [5.41, 5.74) is 0. The van der Waals surface area contributed by atoms with Crippen LogP contribution in [-0.2, 0) is 4.79 Å². The number of amides is 1. The van der Waals surface area contributed by atoms with Crippen molar-refractivity contribution in [3.63, 3.8) is 0 Å². The van der Waals surface area contributed by atoms with Crippen molar-refractivity contribution in [3.8, 4) is 0 Å². The Hall–Kier alpha value is -1.13. The Morgan fingerprint density at radius 2 is 2.05 bits per heavy atom. The Bertz CT molecular complexity index is 391. The molecular formula is C16H25NO3. The van der Waals surface area contributed by atoms with E-state index in [1.807, 2.05) is 6.92 Å². The molecule has 1 aliphatic carbocycles. The average molecular weight is 279 g/mol. The molecule has 4 heteroatoms. The third-order valence-corrected chi connectivity index (χ3v) is 4.30. The van der Waals surface area contributed by atoms with E-state index in [1.54, 1.807) is 6.08 Å². The average Bonchev–Trinajstić information content (AvgIpc) is 2.76. The molecule has 1 amide bonds. The van der Waals surface area contributed by atoms with E-state index in [0.717, 1.165) is 19.3 Å². The largest absolute Gasteiger partial charge is 0.393 e. The van der Waals surface area contributed by atoms with Gasteiger partial charge in [0.2, 0.25) is 5.91 Å². The number of aliphatic hydroxyl groups is 2. The predicted octanol–water partition coefficient (Wildman–Crippen LogP) is 1.54. The number of fused-ring (bicyclic) bond motifs is 1. The minimum absolute atomic E-state index is 0.00322. The lowest BCUT2D eigenvalue weighted by atomic mass is 9.90. The Morgan fingerprint density at radius 1 is 1.25 bits per heavy atom. The summed E-state index contributed by atoms with van der Waals surface area (Å²) in [6, 6.07) is 0.153. The van der Waals surface area contributed by atoms with Gasteiger partial charge in [-0.2, -0.15) is 0 Å². The van der Waals surface area contributed by atoms with Gasteiger partial charge in [0, 0.05) is 12.1 Å². The summed E-state index contributed by atoms with van der Waals surface area (Å²) in [5.74, 6) is 0.0493. The molecule has 2 aliphatic rings. The van der Waals surface area contributed by atoms with Gasteiger partial charge in [0.05, 0.1) is 12.2 Å². The number of allylic oxidation sites excluding steroid dienone is 2. The molecule has 0 aromatic rings. The summed E-state index contributed by atoms with van der Waals surface area (Å²) in [6.07, 6.45) is 10.5. The lowest BCUT2D eigenvalue weighted by Crippen LogP contribution is -2.31. The van der Waals surface area contributed by atoms with E-state index in [0.29, 0.717) is 12.8 Å². The molecule has 2 rings (SSSR count). The zero-order chi connectivity index (χ0) is 14.5. The summed E-state index contributed by atoms with van der Waals surface area (Å²) < 4.78 is 0. The molecule has 0 aromatic carbocycles. The van der Waals surface area contributed by atoms with Crippen LogP contribution in [0.4, 0.5) is 0 Å². The maximum atomic E-state index is 11.7. The van der Waals surface area contributed by atoms with Crippen LogP contribution in [0, 0.1) is 11.8 Å². The minimum Gasteiger partial charge on any atom is -0.393 e. The Balaban J connectivity index is 2.11. The smallest absolute Gasteiger partial charge is 0.243 e. The molecule has 1 heterocycles. The third kappa shape index (κ3) is 4.18. The van der Waals surface area contributed by atoms with E-state index in [4.69, 9.17) is 0 Å². The fourth-order valence-electron chi connectivity index (χ4n) is 3.19. The highest BCUT2D eigenvalue weighted by atomic mass is 16.3. The highest BCUT2D eigenvalue weighted by Crippen LogP contribution is 2.36. The topological polar surface area (TPSA) is 69.6 Å². The summed E-state index contributed by atoms with van der Waals surface area (Å²) >= 11 is 0. The van der Waals surface area contributed by atoms with Crippen LogP contribution in [0.2, 0.25) is 0 Å². The molecule has 1 saturated carbocycles. The van der Waals surface area contributed by atoms with Crippen LogP contribution in [0.15, 0.2) is 24.3 Å². The highest BCUT2D eigenvalue weighted by molar-refractivity contribution is 5.87. The summed E-state index contributed by atoms with van der Waals surface area (Å²) in [5, 5.41) is 22.9. The van der Waals surface area contributed by atoms with Gasteiger partial charge in [0.15, 0.2) is 0 Å². The van der Waals surface area contributed by atoms with E-state index in [9.17, 15) is 15.0 Å². The van der Waals surface area contributed by atoms with Crippen LogP contribution in [0.1, 0.15) is 39.0 Å². The quantitative estimate of drug-likeness (QED) is 0.589. The second-order valence-electron chi connectivity index (χ2n) is 6.07. The first-order valence-corrected chi connectivity index (χ1v) is 7.57. The van der Waals surface area contributed by atoms with Gasteiger partial charge in [-0.1, -0.05) is 18.2 Å². The van der Waals surface area contributed by atoms with E-state index < -0.39 is 6.10 Å². The maximum absolute atomic E-state index is 11.7. The number of carbonyl (C=O) groups excluding carboxylic acids is 1. The third-order valence-electron chi connectivity index (χ3n) is 4.30. The predicted molar refractivity (Wildman–Crippen MR) is 78.0 cm³/mol. The fourth-order valence-corrected chi connectivity index (χ4v) is 3.19. The van der Waals surface area contributed by atoms with Crippen molar-refractivity contribution in [2.45, 2.75) is 57.3 Å². The van der Waals surface area contributed by atoms with E-state index in [2.05, 4.69) is 17.5 Å². The van der Waals surface area contributed by atoms with Gasteiger partial charge in [-0.05, 0) is 50.9 Å². The number of hydrogen-bond acceptors (Lipinski definition) is 3. The molecule has 5 atom stereocenters. The van der Waals surface area contributed by atoms with Crippen molar-refractivity contribution in [3.05, 3.63) is 24.3 Å². The Labute approximate surface area is 120 Å². The van der Waals surface area contributed by atoms with Gasteiger partial charge >= 0.3 is 0 Å². The number of rotatable bonds is 0. The molecule has 112 valence electrons. The monoisotopic (exact) mass is 279 g/mol. The van der Waals surface area contributed by atoms with Crippen molar-refractivity contribution in [1.29, 1.82) is 0 Å². The number of nitrogens with one attached hydrogen (secondary N) is 1. The van der Waals surface area contributed by atoms with E-state index in [-0.39, 0.29) is 29.9 Å². The molecule has 0 radical (unpaired) electrons. The molecule has 1 aliphatic heterocycles. The summed E-state index contributed by atoms with van der Waals surface area (Å²) in [7, 11) is 0. The second-order valence-corrected chi connectivity index (χ2v) is 6.07. The van der Waals surface area contributed by atoms with Crippen molar-refractivity contribution in [2.24, 2.45) is 11.8 Å². The molecule has 5 unspecified atom stereocenters. The van der Waals surface area contributed by atoms with Crippen molar-refractivity contribution >= 4 is 5.91 Å². The van der Waals surface area contributed by atoms with Gasteiger partial charge in [-0.15, -0.1) is 0 Å². The molecule has 0 saturated heterocycles. The van der Waals surface area contributed by atoms with E-state index in [1.165, 1.54) is 6.08 Å². The van der Waals surface area contributed by atoms with Gasteiger partial charge in [0.1, 0.15) is 0 Å². The van der Waals surface area contributed by atoms with Crippen molar-refractivity contribution in [1.82, 2.24) is 5.32 Å². The molecular weight excluding hydrogens is 254 g/mol. The minimum atomic E-state index is -0.677. The standard InChI is InChI=1S/C16H25NO3/c1-11-5-3-2-4-6-12-9-13(18)10-14(12)15(19)7-8-16(20)17-11/h4,6-8,11-15,18-19H,2-3,5,9-10H2,1H3,(H,17,20). The molecule has 3 N–H and O–H groups in total. The van der Waals surface area contributed by atoms with Crippen molar-refractivity contribution in [2.75, 3.05) is 0 Å². The molecule has 1 fully saturated rings. The van der Waals surface area contributed by atoms with Gasteiger partial charge in [-0.3, -0.25) is 4.79 Å². The lowest BCUT2D eigenvalue weighted by molar-refractivity contribution is -0.117. The van der Waals surface area contributed by atoms with Crippen LogP contribution >= 0.6 is 0 Å². The van der Waals surface area contributed by atoms with Crippen LogP contribution in [0.25, 0.3) is 0 Å². The summed E-state index contributed by atoms with van der Waals surface area (Å²) in [4.78, 5) is 11.7. The SMILES string of the molecule is CC1CCCC=CC2CC(O)CC2C(O)C=CC(=O)N1.